The summed E-state index contributed by atoms with van der Waals surface area (Å²) in [4.78, 5) is 30.4. The van der Waals surface area contributed by atoms with Crippen LogP contribution < -0.4 is 10.9 Å². The summed E-state index contributed by atoms with van der Waals surface area (Å²) >= 11 is 0. The van der Waals surface area contributed by atoms with Crippen molar-refractivity contribution in [3.8, 4) is 11.4 Å². The summed E-state index contributed by atoms with van der Waals surface area (Å²) in [5.74, 6) is 0.0931. The molecule has 118 valence electrons. The van der Waals surface area contributed by atoms with Crippen LogP contribution in [0.5, 0.6) is 0 Å². The van der Waals surface area contributed by atoms with E-state index in [9.17, 15) is 9.59 Å². The molecule has 3 aromatic heterocycles. The number of hydrogen-bond acceptors (Lipinski definition) is 6. The topological polar surface area (TPSA) is 119 Å². The molecule has 9 heteroatoms. The molecule has 3 aromatic rings. The number of aromatic nitrogens is 5. The van der Waals surface area contributed by atoms with Crippen molar-refractivity contribution in [3.63, 3.8) is 0 Å². The summed E-state index contributed by atoms with van der Waals surface area (Å²) in [6.45, 7) is 2.55. The molecule has 0 fully saturated rings. The van der Waals surface area contributed by atoms with Gasteiger partial charge in [-0.25, -0.2) is 0 Å². The zero-order chi connectivity index (χ0) is 16.2. The molecule has 0 aliphatic carbocycles. The summed E-state index contributed by atoms with van der Waals surface area (Å²) in [7, 11) is 0. The minimum absolute atomic E-state index is 0.0610. The van der Waals surface area contributed by atoms with E-state index in [4.69, 9.17) is 4.52 Å². The Balaban J connectivity index is 1.69. The Morgan fingerprint density at radius 1 is 1.43 bits per heavy atom. The van der Waals surface area contributed by atoms with Crippen molar-refractivity contribution >= 4 is 5.91 Å². The molecule has 0 atom stereocenters. The number of aryl methyl sites for hydroxylation is 1. The van der Waals surface area contributed by atoms with Gasteiger partial charge in [0, 0.05) is 18.9 Å². The highest BCUT2D eigenvalue weighted by molar-refractivity contribution is 5.92. The number of rotatable bonds is 5. The van der Waals surface area contributed by atoms with Crippen LogP contribution in [0.3, 0.4) is 0 Å². The zero-order valence-corrected chi connectivity index (χ0v) is 12.3. The molecular weight excluding hydrogens is 300 g/mol. The monoisotopic (exact) mass is 314 g/mol. The highest BCUT2D eigenvalue weighted by Crippen LogP contribution is 2.10. The first-order valence-corrected chi connectivity index (χ1v) is 6.99. The van der Waals surface area contributed by atoms with E-state index in [1.165, 1.54) is 6.20 Å². The normalized spacial score (nSPS) is 10.7. The maximum Gasteiger partial charge on any atom is 0.269 e. The molecule has 0 spiro atoms. The smallest absolute Gasteiger partial charge is 0.269 e. The van der Waals surface area contributed by atoms with Gasteiger partial charge in [0.1, 0.15) is 5.69 Å². The van der Waals surface area contributed by atoms with Gasteiger partial charge in [0.2, 0.25) is 11.7 Å². The lowest BCUT2D eigenvalue weighted by molar-refractivity contribution is 0.0935. The number of carbonyl (C=O) groups is 1. The lowest BCUT2D eigenvalue weighted by atomic mass is 10.3. The Labute approximate surface area is 130 Å². The van der Waals surface area contributed by atoms with Crippen LogP contribution in [0.1, 0.15) is 23.3 Å². The van der Waals surface area contributed by atoms with Gasteiger partial charge in [0.05, 0.1) is 12.1 Å². The van der Waals surface area contributed by atoms with Crippen molar-refractivity contribution in [2.45, 2.75) is 20.0 Å². The molecule has 0 saturated carbocycles. The molecule has 0 unspecified atom stereocenters. The summed E-state index contributed by atoms with van der Waals surface area (Å²) in [5, 5.41) is 10.5. The van der Waals surface area contributed by atoms with E-state index < -0.39 is 0 Å². The van der Waals surface area contributed by atoms with Gasteiger partial charge in [-0.1, -0.05) is 5.16 Å². The van der Waals surface area contributed by atoms with Gasteiger partial charge >= 0.3 is 0 Å². The average molecular weight is 314 g/mol. The van der Waals surface area contributed by atoms with Gasteiger partial charge in [0.15, 0.2) is 0 Å². The number of amides is 1. The molecule has 3 rings (SSSR count). The molecule has 3 heterocycles. The predicted octanol–water partition coefficient (Wildman–Crippen LogP) is 0.571. The fourth-order valence-corrected chi connectivity index (χ4v) is 2.06. The minimum Gasteiger partial charge on any atom is -0.342 e. The van der Waals surface area contributed by atoms with E-state index in [2.05, 4.69) is 25.5 Å². The molecule has 9 nitrogen and oxygen atoms in total. The van der Waals surface area contributed by atoms with Crippen molar-refractivity contribution in [2.24, 2.45) is 0 Å². The second kappa shape index (κ2) is 6.26. The molecular formula is C14H14N6O3. The van der Waals surface area contributed by atoms with Gasteiger partial charge in [-0.05, 0) is 25.1 Å². The van der Waals surface area contributed by atoms with E-state index >= 15 is 0 Å². The zero-order valence-electron chi connectivity index (χ0n) is 12.3. The standard InChI is InChI=1S/C14H14N6O3/c1-2-20-10(5-7-17-20)14(22)16-8-11-18-12(19-23-11)9-4-3-6-15-13(9)21/h3-7H,2,8H2,1H3,(H,15,21)(H,16,22). The molecule has 0 saturated heterocycles. The number of hydrogen-bond donors (Lipinski definition) is 2. The van der Waals surface area contributed by atoms with Gasteiger partial charge in [0.25, 0.3) is 11.5 Å². The summed E-state index contributed by atoms with van der Waals surface area (Å²) in [6.07, 6.45) is 3.08. The Bertz CT molecular complexity index is 878. The van der Waals surface area contributed by atoms with Crippen LogP contribution in [-0.4, -0.2) is 30.8 Å². The quantitative estimate of drug-likeness (QED) is 0.710. The van der Waals surface area contributed by atoms with Gasteiger partial charge < -0.3 is 14.8 Å². The van der Waals surface area contributed by atoms with Gasteiger partial charge in [-0.2, -0.15) is 10.1 Å². The number of nitrogens with zero attached hydrogens (tertiary/aromatic N) is 4. The van der Waals surface area contributed by atoms with Crippen LogP contribution in [-0.2, 0) is 13.1 Å². The fraction of sp³-hybridized carbons (Fsp3) is 0.214. The van der Waals surface area contributed by atoms with Gasteiger partial charge in [-0.3, -0.25) is 14.3 Å². The molecule has 0 aliphatic rings. The molecule has 0 aliphatic heterocycles. The van der Waals surface area contributed by atoms with Crippen LogP contribution in [0.15, 0.2) is 39.9 Å². The first-order valence-electron chi connectivity index (χ1n) is 6.99. The third-order valence-corrected chi connectivity index (χ3v) is 3.18. The molecule has 2 N–H and O–H groups in total. The molecule has 0 bridgehead atoms. The lowest BCUT2D eigenvalue weighted by Crippen LogP contribution is -2.25. The minimum atomic E-state index is -0.310. The van der Waals surface area contributed by atoms with Crippen molar-refractivity contribution in [1.82, 2.24) is 30.2 Å². The van der Waals surface area contributed by atoms with Crippen LogP contribution in [0, 0.1) is 0 Å². The highest BCUT2D eigenvalue weighted by Gasteiger charge is 2.14. The van der Waals surface area contributed by atoms with Crippen molar-refractivity contribution in [1.29, 1.82) is 0 Å². The maximum atomic E-state index is 12.1. The van der Waals surface area contributed by atoms with Crippen molar-refractivity contribution < 1.29 is 9.32 Å². The average Bonchev–Trinajstić information content (AvgIpc) is 3.22. The molecule has 23 heavy (non-hydrogen) atoms. The SMILES string of the molecule is CCn1nccc1C(=O)NCc1nc(-c2ccc[nH]c2=O)no1. The van der Waals surface area contributed by atoms with E-state index in [1.807, 2.05) is 6.92 Å². The summed E-state index contributed by atoms with van der Waals surface area (Å²) < 4.78 is 6.63. The number of aromatic amines is 1. The van der Waals surface area contributed by atoms with E-state index in [0.29, 0.717) is 17.8 Å². The largest absolute Gasteiger partial charge is 0.342 e. The number of pyridine rings is 1. The Morgan fingerprint density at radius 2 is 2.30 bits per heavy atom. The van der Waals surface area contributed by atoms with E-state index in [-0.39, 0.29) is 29.7 Å². The second-order valence-electron chi connectivity index (χ2n) is 4.64. The first-order chi connectivity index (χ1) is 11.2. The van der Waals surface area contributed by atoms with Crippen molar-refractivity contribution in [3.05, 3.63) is 52.5 Å². The van der Waals surface area contributed by atoms with Crippen LogP contribution >= 0.6 is 0 Å². The Morgan fingerprint density at radius 3 is 3.09 bits per heavy atom. The van der Waals surface area contributed by atoms with Gasteiger partial charge in [-0.15, -0.1) is 0 Å². The summed E-state index contributed by atoms with van der Waals surface area (Å²) in [5.41, 5.74) is 0.445. The highest BCUT2D eigenvalue weighted by atomic mass is 16.5. The van der Waals surface area contributed by atoms with E-state index in [1.54, 1.807) is 29.1 Å². The maximum absolute atomic E-state index is 12.1. The molecule has 1 amide bonds. The van der Waals surface area contributed by atoms with Crippen molar-refractivity contribution in [2.75, 3.05) is 0 Å². The lowest BCUT2D eigenvalue weighted by Gasteiger charge is -2.04. The molecule has 0 radical (unpaired) electrons. The van der Waals surface area contributed by atoms with Crippen LogP contribution in [0.25, 0.3) is 11.4 Å². The van der Waals surface area contributed by atoms with Crippen LogP contribution in [0.2, 0.25) is 0 Å². The summed E-state index contributed by atoms with van der Waals surface area (Å²) in [6, 6.07) is 4.88. The van der Waals surface area contributed by atoms with E-state index in [0.717, 1.165) is 0 Å². The Kier molecular flexibility index (Phi) is 4.00. The fourth-order valence-electron chi connectivity index (χ4n) is 2.06. The second-order valence-corrected chi connectivity index (χ2v) is 4.64. The third-order valence-electron chi connectivity index (χ3n) is 3.18. The number of nitrogens with one attached hydrogen (secondary N) is 2. The Hall–Kier alpha value is -3.23. The van der Waals surface area contributed by atoms with Crippen LogP contribution in [0.4, 0.5) is 0 Å². The number of carbonyl (C=O) groups excluding carboxylic acids is 1. The molecule has 0 aromatic carbocycles. The number of H-pyrrole nitrogens is 1. The predicted molar refractivity (Wildman–Crippen MR) is 79.4 cm³/mol. The first kappa shape index (κ1) is 14.7. The third kappa shape index (κ3) is 3.03.